The van der Waals surface area contributed by atoms with Crippen LogP contribution in [-0.2, 0) is 23.7 Å². The van der Waals surface area contributed by atoms with Crippen LogP contribution in [0.1, 0.15) is 19.8 Å². The summed E-state index contributed by atoms with van der Waals surface area (Å²) in [6.07, 6.45) is 2.51. The molecule has 0 spiro atoms. The van der Waals surface area contributed by atoms with Gasteiger partial charge in [-0.3, -0.25) is 4.79 Å². The molecule has 0 saturated carbocycles. The molecule has 1 unspecified atom stereocenters. The lowest BCUT2D eigenvalue weighted by molar-refractivity contribution is -0.119. The van der Waals surface area contributed by atoms with Gasteiger partial charge in [-0.2, -0.15) is 0 Å². The van der Waals surface area contributed by atoms with E-state index in [0.29, 0.717) is 46.2 Å². The monoisotopic (exact) mass is 275 g/mol. The van der Waals surface area contributed by atoms with E-state index >= 15 is 0 Å². The Balaban J connectivity index is 1.70. The molecule has 0 bridgehead atoms. The third-order valence-electron chi connectivity index (χ3n) is 2.69. The molecule has 0 radical (unpaired) electrons. The molecule has 1 heterocycles. The molecule has 1 atom stereocenters. The standard InChI is InChI=1S/C13H25NO5/c1-12(15)14-4-6-16-7-8-17-9-10-18-11-13-3-2-5-19-13/h13H,2-11H2,1H3,(H,14,15). The maximum absolute atomic E-state index is 10.6. The van der Waals surface area contributed by atoms with E-state index in [4.69, 9.17) is 18.9 Å². The van der Waals surface area contributed by atoms with Gasteiger partial charge in [-0.25, -0.2) is 0 Å². The second-order valence-electron chi connectivity index (χ2n) is 4.42. The fourth-order valence-electron chi connectivity index (χ4n) is 1.73. The average molecular weight is 275 g/mol. The smallest absolute Gasteiger partial charge is 0.216 e. The second-order valence-corrected chi connectivity index (χ2v) is 4.42. The highest BCUT2D eigenvalue weighted by atomic mass is 16.6. The first-order chi connectivity index (χ1) is 9.29. The highest BCUT2D eigenvalue weighted by Gasteiger charge is 2.14. The molecular weight excluding hydrogens is 250 g/mol. The van der Waals surface area contributed by atoms with Crippen molar-refractivity contribution >= 4 is 5.91 Å². The Labute approximate surface area is 114 Å². The van der Waals surface area contributed by atoms with E-state index in [9.17, 15) is 4.79 Å². The van der Waals surface area contributed by atoms with Crippen molar-refractivity contribution in [1.29, 1.82) is 0 Å². The molecule has 1 saturated heterocycles. The summed E-state index contributed by atoms with van der Waals surface area (Å²) < 4.78 is 21.5. The van der Waals surface area contributed by atoms with Crippen LogP contribution in [0.25, 0.3) is 0 Å². The van der Waals surface area contributed by atoms with Gasteiger partial charge in [-0.15, -0.1) is 0 Å². The van der Waals surface area contributed by atoms with Crippen molar-refractivity contribution in [2.24, 2.45) is 0 Å². The van der Waals surface area contributed by atoms with Gasteiger partial charge in [-0.1, -0.05) is 0 Å². The molecule has 0 aliphatic carbocycles. The summed E-state index contributed by atoms with van der Waals surface area (Å²) in [5.74, 6) is -0.0387. The first-order valence-corrected chi connectivity index (χ1v) is 6.88. The van der Waals surface area contributed by atoms with Crippen LogP contribution in [0.5, 0.6) is 0 Å². The number of nitrogens with one attached hydrogen (secondary N) is 1. The van der Waals surface area contributed by atoms with Crippen LogP contribution in [0.2, 0.25) is 0 Å². The minimum Gasteiger partial charge on any atom is -0.377 e. The summed E-state index contributed by atoms with van der Waals surface area (Å²) in [5, 5.41) is 2.65. The Kier molecular flexibility index (Phi) is 9.61. The number of carbonyl (C=O) groups excluding carboxylic acids is 1. The molecule has 6 heteroatoms. The third kappa shape index (κ3) is 9.84. The van der Waals surface area contributed by atoms with Gasteiger partial charge in [0, 0.05) is 20.1 Å². The van der Waals surface area contributed by atoms with E-state index in [-0.39, 0.29) is 12.0 Å². The van der Waals surface area contributed by atoms with E-state index in [1.165, 1.54) is 6.92 Å². The number of amides is 1. The van der Waals surface area contributed by atoms with Crippen molar-refractivity contribution in [3.05, 3.63) is 0 Å². The maximum Gasteiger partial charge on any atom is 0.216 e. The fraction of sp³-hybridized carbons (Fsp3) is 0.923. The van der Waals surface area contributed by atoms with Crippen LogP contribution < -0.4 is 5.32 Å². The second kappa shape index (κ2) is 11.2. The zero-order chi connectivity index (χ0) is 13.8. The number of hydrogen-bond donors (Lipinski definition) is 1. The van der Waals surface area contributed by atoms with Gasteiger partial charge < -0.3 is 24.3 Å². The molecule has 0 aromatic heterocycles. The molecular formula is C13H25NO5. The first-order valence-electron chi connectivity index (χ1n) is 6.88. The Morgan fingerprint density at radius 1 is 1.16 bits per heavy atom. The van der Waals surface area contributed by atoms with Gasteiger partial charge in [0.15, 0.2) is 0 Å². The van der Waals surface area contributed by atoms with E-state index in [2.05, 4.69) is 5.32 Å². The lowest BCUT2D eigenvalue weighted by Gasteiger charge is -2.10. The highest BCUT2D eigenvalue weighted by molar-refractivity contribution is 5.72. The molecule has 1 N–H and O–H groups in total. The lowest BCUT2D eigenvalue weighted by Crippen LogP contribution is -2.25. The summed E-state index contributed by atoms with van der Waals surface area (Å²) in [4.78, 5) is 10.6. The molecule has 1 fully saturated rings. The minimum atomic E-state index is -0.0387. The predicted molar refractivity (Wildman–Crippen MR) is 70.1 cm³/mol. The SMILES string of the molecule is CC(=O)NCCOCCOCCOCC1CCCO1. The molecule has 0 aromatic carbocycles. The molecule has 0 aromatic rings. The Hall–Kier alpha value is -0.690. The molecule has 1 aliphatic heterocycles. The van der Waals surface area contributed by atoms with Gasteiger partial charge in [0.05, 0.1) is 45.7 Å². The van der Waals surface area contributed by atoms with Crippen LogP contribution in [0.3, 0.4) is 0 Å². The Morgan fingerprint density at radius 2 is 1.84 bits per heavy atom. The average Bonchev–Trinajstić information content (AvgIpc) is 2.88. The quantitative estimate of drug-likeness (QED) is 0.551. The largest absolute Gasteiger partial charge is 0.377 e. The van der Waals surface area contributed by atoms with Crippen LogP contribution >= 0.6 is 0 Å². The summed E-state index contributed by atoms with van der Waals surface area (Å²) in [5.41, 5.74) is 0. The van der Waals surface area contributed by atoms with Crippen molar-refractivity contribution in [3.8, 4) is 0 Å². The Bertz CT molecular complexity index is 231. The summed E-state index contributed by atoms with van der Waals surface area (Å²) in [6.45, 7) is 6.30. The van der Waals surface area contributed by atoms with E-state index in [1.807, 2.05) is 0 Å². The maximum atomic E-state index is 10.6. The van der Waals surface area contributed by atoms with Gasteiger partial charge in [0.25, 0.3) is 0 Å². The van der Waals surface area contributed by atoms with Crippen LogP contribution in [-0.4, -0.2) is 64.8 Å². The van der Waals surface area contributed by atoms with Crippen LogP contribution in [0.15, 0.2) is 0 Å². The van der Waals surface area contributed by atoms with Crippen molar-refractivity contribution in [1.82, 2.24) is 5.32 Å². The molecule has 1 rings (SSSR count). The van der Waals surface area contributed by atoms with Crippen molar-refractivity contribution in [2.75, 3.05) is 52.8 Å². The fourth-order valence-corrected chi connectivity index (χ4v) is 1.73. The zero-order valence-electron chi connectivity index (χ0n) is 11.7. The lowest BCUT2D eigenvalue weighted by atomic mass is 10.2. The predicted octanol–water partition coefficient (Wildman–Crippen LogP) is 0.351. The summed E-state index contributed by atoms with van der Waals surface area (Å²) in [7, 11) is 0. The summed E-state index contributed by atoms with van der Waals surface area (Å²) in [6, 6.07) is 0. The van der Waals surface area contributed by atoms with Gasteiger partial charge >= 0.3 is 0 Å². The normalized spacial score (nSPS) is 18.7. The zero-order valence-corrected chi connectivity index (χ0v) is 11.7. The molecule has 1 amide bonds. The Morgan fingerprint density at radius 3 is 2.47 bits per heavy atom. The van der Waals surface area contributed by atoms with Crippen molar-refractivity contribution in [2.45, 2.75) is 25.9 Å². The molecule has 1 aliphatic rings. The van der Waals surface area contributed by atoms with Crippen molar-refractivity contribution < 1.29 is 23.7 Å². The van der Waals surface area contributed by atoms with E-state index in [0.717, 1.165) is 19.4 Å². The topological polar surface area (TPSA) is 66.0 Å². The van der Waals surface area contributed by atoms with Gasteiger partial charge in [0.2, 0.25) is 5.91 Å². The first kappa shape index (κ1) is 16.4. The van der Waals surface area contributed by atoms with Gasteiger partial charge in [-0.05, 0) is 12.8 Å². The number of hydrogen-bond acceptors (Lipinski definition) is 5. The van der Waals surface area contributed by atoms with Crippen LogP contribution in [0, 0.1) is 0 Å². The number of ether oxygens (including phenoxy) is 4. The summed E-state index contributed by atoms with van der Waals surface area (Å²) >= 11 is 0. The number of rotatable bonds is 11. The number of carbonyl (C=O) groups is 1. The van der Waals surface area contributed by atoms with Crippen LogP contribution in [0.4, 0.5) is 0 Å². The minimum absolute atomic E-state index is 0.0387. The molecule has 19 heavy (non-hydrogen) atoms. The van der Waals surface area contributed by atoms with E-state index < -0.39 is 0 Å². The van der Waals surface area contributed by atoms with Gasteiger partial charge in [0.1, 0.15) is 0 Å². The highest BCUT2D eigenvalue weighted by Crippen LogP contribution is 2.11. The van der Waals surface area contributed by atoms with E-state index in [1.54, 1.807) is 0 Å². The molecule has 6 nitrogen and oxygen atoms in total. The third-order valence-corrected chi connectivity index (χ3v) is 2.69. The molecule has 112 valence electrons. The van der Waals surface area contributed by atoms with Crippen molar-refractivity contribution in [3.63, 3.8) is 0 Å².